The molecule has 2 rings (SSSR count). The van der Waals surface area contributed by atoms with Crippen LogP contribution in [0.5, 0.6) is 0 Å². The molecule has 0 N–H and O–H groups in total. The zero-order chi connectivity index (χ0) is 11.2. The summed E-state index contributed by atoms with van der Waals surface area (Å²) in [5.74, 6) is 0.946. The summed E-state index contributed by atoms with van der Waals surface area (Å²) in [7, 11) is 2.22. The maximum atomic E-state index is 5.39. The third kappa shape index (κ3) is 4.04. The van der Waals surface area contributed by atoms with Crippen molar-refractivity contribution < 1.29 is 4.74 Å². The van der Waals surface area contributed by atoms with Gasteiger partial charge in [0.2, 0.25) is 0 Å². The molecule has 0 aromatic heterocycles. The Hall–Kier alpha value is -0.120. The van der Waals surface area contributed by atoms with Crippen molar-refractivity contribution in [1.29, 1.82) is 0 Å². The molecule has 0 unspecified atom stereocenters. The van der Waals surface area contributed by atoms with E-state index in [1.54, 1.807) is 0 Å². The second kappa shape index (κ2) is 6.58. The number of rotatable bonds is 4. The lowest BCUT2D eigenvalue weighted by Crippen LogP contribution is -2.44. The summed E-state index contributed by atoms with van der Waals surface area (Å²) in [6.45, 7) is 8.34. The van der Waals surface area contributed by atoms with Crippen molar-refractivity contribution in [1.82, 2.24) is 9.80 Å². The lowest BCUT2D eigenvalue weighted by molar-refractivity contribution is 0.0614. The van der Waals surface area contributed by atoms with Gasteiger partial charge >= 0.3 is 0 Å². The van der Waals surface area contributed by atoms with Crippen LogP contribution in [0.25, 0.3) is 0 Å². The summed E-state index contributed by atoms with van der Waals surface area (Å²) in [6.07, 6.45) is 5.38. The van der Waals surface area contributed by atoms with E-state index in [2.05, 4.69) is 16.8 Å². The summed E-state index contributed by atoms with van der Waals surface area (Å²) < 4.78 is 5.39. The molecule has 2 heterocycles. The number of piperazine rings is 1. The van der Waals surface area contributed by atoms with Crippen LogP contribution < -0.4 is 0 Å². The van der Waals surface area contributed by atoms with Crippen LogP contribution in [0.1, 0.15) is 25.7 Å². The van der Waals surface area contributed by atoms with Gasteiger partial charge < -0.3 is 14.5 Å². The zero-order valence-corrected chi connectivity index (χ0v) is 10.7. The fraction of sp³-hybridized carbons (Fsp3) is 1.00. The minimum Gasteiger partial charge on any atom is -0.381 e. The Morgan fingerprint density at radius 2 is 1.75 bits per heavy atom. The normalized spacial score (nSPS) is 26.1. The van der Waals surface area contributed by atoms with Crippen LogP contribution in [0.15, 0.2) is 0 Å². The standard InChI is InChI=1S/C13H26N2O/c1-14-7-9-15(10-8-14)6-2-3-13-4-11-16-12-5-13/h13H,2-12H2,1H3. The van der Waals surface area contributed by atoms with Gasteiger partial charge in [-0.05, 0) is 45.2 Å². The highest BCUT2D eigenvalue weighted by atomic mass is 16.5. The van der Waals surface area contributed by atoms with Crippen molar-refractivity contribution in [2.45, 2.75) is 25.7 Å². The van der Waals surface area contributed by atoms with E-state index in [1.165, 1.54) is 58.4 Å². The molecule has 16 heavy (non-hydrogen) atoms. The lowest BCUT2D eigenvalue weighted by Gasteiger charge is -2.32. The van der Waals surface area contributed by atoms with E-state index in [9.17, 15) is 0 Å². The smallest absolute Gasteiger partial charge is 0.0468 e. The Labute approximate surface area is 99.7 Å². The molecule has 0 radical (unpaired) electrons. The van der Waals surface area contributed by atoms with Crippen molar-refractivity contribution in [2.75, 3.05) is 53.0 Å². The van der Waals surface area contributed by atoms with E-state index in [4.69, 9.17) is 4.74 Å². The van der Waals surface area contributed by atoms with E-state index < -0.39 is 0 Å². The van der Waals surface area contributed by atoms with Crippen LogP contribution >= 0.6 is 0 Å². The van der Waals surface area contributed by atoms with Crippen molar-refractivity contribution in [2.24, 2.45) is 5.92 Å². The Morgan fingerprint density at radius 3 is 2.44 bits per heavy atom. The van der Waals surface area contributed by atoms with Gasteiger partial charge in [-0.2, -0.15) is 0 Å². The topological polar surface area (TPSA) is 15.7 Å². The number of hydrogen-bond acceptors (Lipinski definition) is 3. The Morgan fingerprint density at radius 1 is 1.06 bits per heavy atom. The predicted molar refractivity (Wildman–Crippen MR) is 66.7 cm³/mol. The first-order chi connectivity index (χ1) is 7.84. The average molecular weight is 226 g/mol. The predicted octanol–water partition coefficient (Wildman–Crippen LogP) is 1.44. The van der Waals surface area contributed by atoms with Gasteiger partial charge in [-0.25, -0.2) is 0 Å². The van der Waals surface area contributed by atoms with Crippen molar-refractivity contribution in [3.8, 4) is 0 Å². The maximum Gasteiger partial charge on any atom is 0.0468 e. The number of hydrogen-bond donors (Lipinski definition) is 0. The summed E-state index contributed by atoms with van der Waals surface area (Å²) in [6, 6.07) is 0. The first-order valence-corrected chi connectivity index (χ1v) is 6.83. The molecule has 0 atom stereocenters. The first kappa shape index (κ1) is 12.3. The molecule has 2 fully saturated rings. The van der Waals surface area contributed by atoms with Gasteiger partial charge in [-0.15, -0.1) is 0 Å². The minimum absolute atomic E-state index is 0.946. The highest BCUT2D eigenvalue weighted by molar-refractivity contribution is 4.70. The summed E-state index contributed by atoms with van der Waals surface area (Å²) in [5, 5.41) is 0. The molecule has 0 aromatic carbocycles. The van der Waals surface area contributed by atoms with Crippen LogP contribution in [0.3, 0.4) is 0 Å². The highest BCUT2D eigenvalue weighted by Crippen LogP contribution is 2.20. The first-order valence-electron chi connectivity index (χ1n) is 6.83. The van der Waals surface area contributed by atoms with E-state index in [-0.39, 0.29) is 0 Å². The average Bonchev–Trinajstić information content (AvgIpc) is 2.33. The van der Waals surface area contributed by atoms with Gasteiger partial charge in [0.25, 0.3) is 0 Å². The molecule has 0 amide bonds. The molecule has 2 saturated heterocycles. The summed E-state index contributed by atoms with van der Waals surface area (Å²) >= 11 is 0. The SMILES string of the molecule is CN1CCN(CCCC2CCOCC2)CC1. The molecule has 3 nitrogen and oxygen atoms in total. The lowest BCUT2D eigenvalue weighted by atomic mass is 9.95. The summed E-state index contributed by atoms with van der Waals surface area (Å²) in [5.41, 5.74) is 0. The fourth-order valence-corrected chi connectivity index (χ4v) is 2.71. The van der Waals surface area contributed by atoms with E-state index in [0.717, 1.165) is 19.1 Å². The van der Waals surface area contributed by atoms with Gasteiger partial charge in [-0.1, -0.05) is 0 Å². The zero-order valence-electron chi connectivity index (χ0n) is 10.7. The van der Waals surface area contributed by atoms with Crippen LogP contribution in [-0.2, 0) is 4.74 Å². The molecule has 0 saturated carbocycles. The van der Waals surface area contributed by atoms with Crippen LogP contribution in [0.4, 0.5) is 0 Å². The quantitative estimate of drug-likeness (QED) is 0.721. The molecule has 0 aromatic rings. The fourth-order valence-electron chi connectivity index (χ4n) is 2.71. The third-order valence-electron chi connectivity index (χ3n) is 4.02. The number of nitrogens with zero attached hydrogens (tertiary/aromatic N) is 2. The van der Waals surface area contributed by atoms with Crippen molar-refractivity contribution >= 4 is 0 Å². The highest BCUT2D eigenvalue weighted by Gasteiger charge is 2.16. The van der Waals surface area contributed by atoms with Crippen LogP contribution in [0.2, 0.25) is 0 Å². The number of likely N-dealkylation sites (N-methyl/N-ethyl adjacent to an activating group) is 1. The molecule has 2 aliphatic heterocycles. The van der Waals surface area contributed by atoms with Crippen molar-refractivity contribution in [3.05, 3.63) is 0 Å². The molecular weight excluding hydrogens is 200 g/mol. The molecule has 0 bridgehead atoms. The molecule has 2 aliphatic rings. The molecule has 0 spiro atoms. The summed E-state index contributed by atoms with van der Waals surface area (Å²) in [4.78, 5) is 5.05. The van der Waals surface area contributed by atoms with Gasteiger partial charge in [0, 0.05) is 39.4 Å². The molecule has 3 heteroatoms. The largest absolute Gasteiger partial charge is 0.381 e. The van der Waals surface area contributed by atoms with Gasteiger partial charge in [0.15, 0.2) is 0 Å². The van der Waals surface area contributed by atoms with Gasteiger partial charge in [0.1, 0.15) is 0 Å². The molecule has 0 aliphatic carbocycles. The van der Waals surface area contributed by atoms with Crippen LogP contribution in [0, 0.1) is 5.92 Å². The second-order valence-electron chi connectivity index (χ2n) is 5.34. The monoisotopic (exact) mass is 226 g/mol. The van der Waals surface area contributed by atoms with Crippen LogP contribution in [-0.4, -0.2) is 62.8 Å². The molecule has 94 valence electrons. The third-order valence-corrected chi connectivity index (χ3v) is 4.02. The molecular formula is C13H26N2O. The Balaban J connectivity index is 1.53. The Bertz CT molecular complexity index is 184. The van der Waals surface area contributed by atoms with Gasteiger partial charge in [-0.3, -0.25) is 0 Å². The van der Waals surface area contributed by atoms with Crippen molar-refractivity contribution in [3.63, 3.8) is 0 Å². The van der Waals surface area contributed by atoms with E-state index in [0.29, 0.717) is 0 Å². The van der Waals surface area contributed by atoms with Gasteiger partial charge in [0.05, 0.1) is 0 Å². The number of ether oxygens (including phenoxy) is 1. The van der Waals surface area contributed by atoms with E-state index >= 15 is 0 Å². The minimum atomic E-state index is 0.946. The van der Waals surface area contributed by atoms with E-state index in [1.807, 2.05) is 0 Å². The Kier molecular flexibility index (Phi) is 5.07. The maximum absolute atomic E-state index is 5.39. The second-order valence-corrected chi connectivity index (χ2v) is 5.34.